The number of thiazole rings is 1. The van der Waals surface area contributed by atoms with Crippen molar-refractivity contribution in [3.63, 3.8) is 0 Å². The summed E-state index contributed by atoms with van der Waals surface area (Å²) < 4.78 is 2.32. The van der Waals surface area contributed by atoms with E-state index in [0.29, 0.717) is 12.3 Å². The molecule has 0 unspecified atom stereocenters. The molecular formula is C19H26N4OS. The second kappa shape index (κ2) is 7.30. The highest BCUT2D eigenvalue weighted by atomic mass is 32.1. The van der Waals surface area contributed by atoms with Gasteiger partial charge in [-0.05, 0) is 43.7 Å². The molecule has 1 aliphatic heterocycles. The quantitative estimate of drug-likeness (QED) is 0.864. The number of hydrogen-bond acceptors (Lipinski definition) is 4. The summed E-state index contributed by atoms with van der Waals surface area (Å²) in [5, 5.41) is 3.12. The summed E-state index contributed by atoms with van der Waals surface area (Å²) in [6, 6.07) is 4.31. The van der Waals surface area contributed by atoms with Gasteiger partial charge in [0.1, 0.15) is 0 Å². The Balaban J connectivity index is 1.43. The maximum absolute atomic E-state index is 12.3. The standard InChI is InChI=1S/C19H26N4OS/c1-14-18(25-13-21-14)12-22-9-16(7-19(24)20-8-15-4-5-15)10-23-6-2-3-17(23)11-22/h2-3,6,13,15-16H,4-5,7-12H2,1H3,(H,20,24)/t16-/m0/s1. The Kier molecular flexibility index (Phi) is 4.90. The average Bonchev–Trinajstić information content (AvgIpc) is 3.23. The number of nitrogens with zero attached hydrogens (tertiary/aromatic N) is 3. The molecule has 1 N–H and O–H groups in total. The van der Waals surface area contributed by atoms with E-state index in [4.69, 9.17) is 0 Å². The normalized spacial score (nSPS) is 20.9. The van der Waals surface area contributed by atoms with Gasteiger partial charge in [0, 0.05) is 55.9 Å². The van der Waals surface area contributed by atoms with E-state index in [1.165, 1.54) is 23.4 Å². The first-order valence-corrected chi connectivity index (χ1v) is 10.1. The van der Waals surface area contributed by atoms with Gasteiger partial charge in [-0.1, -0.05) is 0 Å². The van der Waals surface area contributed by atoms with Crippen molar-refractivity contribution in [2.45, 2.75) is 45.8 Å². The molecule has 5 nitrogen and oxygen atoms in total. The second-order valence-corrected chi connectivity index (χ2v) is 8.44. The molecule has 3 heterocycles. The third-order valence-corrected chi connectivity index (χ3v) is 6.17. The molecule has 1 amide bonds. The number of amides is 1. The monoisotopic (exact) mass is 358 g/mol. The number of fused-ring (bicyclic) bond motifs is 1. The molecular weight excluding hydrogens is 332 g/mol. The SMILES string of the molecule is Cc1ncsc1CN1Cc2cccn2C[C@@H](CC(=O)NCC2CC2)C1. The minimum absolute atomic E-state index is 0.210. The molecule has 0 aromatic carbocycles. The Morgan fingerprint density at radius 1 is 1.36 bits per heavy atom. The number of aryl methyl sites for hydroxylation is 1. The topological polar surface area (TPSA) is 50.2 Å². The molecule has 1 aliphatic carbocycles. The molecule has 0 spiro atoms. The van der Waals surface area contributed by atoms with Crippen molar-refractivity contribution in [2.24, 2.45) is 11.8 Å². The highest BCUT2D eigenvalue weighted by Gasteiger charge is 2.26. The van der Waals surface area contributed by atoms with Gasteiger partial charge in [0.15, 0.2) is 0 Å². The number of carbonyl (C=O) groups is 1. The number of nitrogens with one attached hydrogen (secondary N) is 1. The Hall–Kier alpha value is -1.66. The van der Waals surface area contributed by atoms with E-state index in [2.05, 4.69) is 45.0 Å². The predicted octanol–water partition coefficient (Wildman–Crippen LogP) is 2.80. The van der Waals surface area contributed by atoms with E-state index < -0.39 is 0 Å². The molecule has 0 radical (unpaired) electrons. The molecule has 1 fully saturated rings. The molecule has 1 atom stereocenters. The van der Waals surface area contributed by atoms with Crippen LogP contribution in [0, 0.1) is 18.8 Å². The van der Waals surface area contributed by atoms with E-state index >= 15 is 0 Å². The summed E-state index contributed by atoms with van der Waals surface area (Å²) in [4.78, 5) is 20.5. The van der Waals surface area contributed by atoms with Crippen LogP contribution in [0.2, 0.25) is 0 Å². The van der Waals surface area contributed by atoms with E-state index in [-0.39, 0.29) is 5.91 Å². The number of rotatable bonds is 6. The Bertz CT molecular complexity index is 733. The fourth-order valence-electron chi connectivity index (χ4n) is 3.61. The van der Waals surface area contributed by atoms with Crippen molar-refractivity contribution in [1.82, 2.24) is 19.8 Å². The third-order valence-electron chi connectivity index (χ3n) is 5.25. The lowest BCUT2D eigenvalue weighted by molar-refractivity contribution is -0.122. The van der Waals surface area contributed by atoms with Gasteiger partial charge in [0.05, 0.1) is 11.2 Å². The van der Waals surface area contributed by atoms with Crippen LogP contribution in [0.5, 0.6) is 0 Å². The summed E-state index contributed by atoms with van der Waals surface area (Å²) in [7, 11) is 0. The third kappa shape index (κ3) is 4.30. The lowest BCUT2D eigenvalue weighted by Crippen LogP contribution is -2.33. The van der Waals surface area contributed by atoms with Crippen molar-refractivity contribution in [1.29, 1.82) is 0 Å². The van der Waals surface area contributed by atoms with Gasteiger partial charge in [-0.2, -0.15) is 0 Å². The predicted molar refractivity (Wildman–Crippen MR) is 99.2 cm³/mol. The van der Waals surface area contributed by atoms with Crippen LogP contribution in [0.4, 0.5) is 0 Å². The first-order valence-electron chi connectivity index (χ1n) is 9.19. The van der Waals surface area contributed by atoms with E-state index in [1.807, 2.05) is 5.51 Å². The Labute approximate surface area is 153 Å². The van der Waals surface area contributed by atoms with E-state index in [0.717, 1.165) is 44.3 Å². The molecule has 2 aromatic heterocycles. The Morgan fingerprint density at radius 2 is 2.24 bits per heavy atom. The van der Waals surface area contributed by atoms with Gasteiger partial charge >= 0.3 is 0 Å². The highest BCUT2D eigenvalue weighted by Crippen LogP contribution is 2.28. The molecule has 0 bridgehead atoms. The van der Waals surface area contributed by atoms with Gasteiger partial charge < -0.3 is 9.88 Å². The number of carbonyl (C=O) groups excluding carboxylic acids is 1. The first-order chi connectivity index (χ1) is 12.2. The van der Waals surface area contributed by atoms with Crippen LogP contribution in [-0.4, -0.2) is 33.4 Å². The van der Waals surface area contributed by atoms with Gasteiger partial charge in [0.2, 0.25) is 5.91 Å². The molecule has 25 heavy (non-hydrogen) atoms. The number of hydrogen-bond donors (Lipinski definition) is 1. The van der Waals surface area contributed by atoms with Crippen LogP contribution in [0.1, 0.15) is 35.5 Å². The average molecular weight is 359 g/mol. The summed E-state index contributed by atoms with van der Waals surface area (Å²) in [5.74, 6) is 1.29. The minimum Gasteiger partial charge on any atom is -0.356 e. The molecule has 0 saturated heterocycles. The maximum Gasteiger partial charge on any atom is 0.220 e. The molecule has 134 valence electrons. The van der Waals surface area contributed by atoms with Crippen molar-refractivity contribution >= 4 is 17.2 Å². The van der Waals surface area contributed by atoms with Crippen LogP contribution in [-0.2, 0) is 24.4 Å². The van der Waals surface area contributed by atoms with Crippen LogP contribution < -0.4 is 5.32 Å². The highest BCUT2D eigenvalue weighted by molar-refractivity contribution is 7.09. The lowest BCUT2D eigenvalue weighted by atomic mass is 10.0. The smallest absolute Gasteiger partial charge is 0.220 e. The van der Waals surface area contributed by atoms with Gasteiger partial charge in [-0.3, -0.25) is 9.69 Å². The van der Waals surface area contributed by atoms with Gasteiger partial charge in [0.25, 0.3) is 0 Å². The largest absolute Gasteiger partial charge is 0.356 e. The maximum atomic E-state index is 12.3. The van der Waals surface area contributed by atoms with Crippen LogP contribution in [0.15, 0.2) is 23.8 Å². The summed E-state index contributed by atoms with van der Waals surface area (Å²) in [5.41, 5.74) is 4.39. The molecule has 2 aromatic rings. The lowest BCUT2D eigenvalue weighted by Gasteiger charge is -2.23. The van der Waals surface area contributed by atoms with E-state index in [1.54, 1.807) is 11.3 Å². The second-order valence-electron chi connectivity index (χ2n) is 7.50. The first kappa shape index (κ1) is 16.8. The summed E-state index contributed by atoms with van der Waals surface area (Å²) >= 11 is 1.73. The fourth-order valence-corrected chi connectivity index (χ4v) is 4.43. The summed E-state index contributed by atoms with van der Waals surface area (Å²) in [6.45, 7) is 6.68. The molecule has 1 saturated carbocycles. The zero-order chi connectivity index (χ0) is 17.2. The van der Waals surface area contributed by atoms with Gasteiger partial charge in [-0.15, -0.1) is 11.3 Å². The molecule has 2 aliphatic rings. The van der Waals surface area contributed by atoms with Crippen molar-refractivity contribution in [3.8, 4) is 0 Å². The molecule has 4 rings (SSSR count). The van der Waals surface area contributed by atoms with Crippen molar-refractivity contribution in [3.05, 3.63) is 40.1 Å². The Morgan fingerprint density at radius 3 is 3.00 bits per heavy atom. The van der Waals surface area contributed by atoms with Crippen LogP contribution >= 0.6 is 11.3 Å². The zero-order valence-electron chi connectivity index (χ0n) is 14.8. The van der Waals surface area contributed by atoms with Gasteiger partial charge in [-0.25, -0.2) is 4.98 Å². The summed E-state index contributed by atoms with van der Waals surface area (Å²) in [6.07, 6.45) is 5.31. The number of aromatic nitrogens is 2. The van der Waals surface area contributed by atoms with Crippen LogP contribution in [0.25, 0.3) is 0 Å². The zero-order valence-corrected chi connectivity index (χ0v) is 15.6. The molecule has 6 heteroatoms. The van der Waals surface area contributed by atoms with E-state index in [9.17, 15) is 4.79 Å². The van der Waals surface area contributed by atoms with Crippen molar-refractivity contribution in [2.75, 3.05) is 13.1 Å². The fraction of sp³-hybridized carbons (Fsp3) is 0.579. The van der Waals surface area contributed by atoms with Crippen molar-refractivity contribution < 1.29 is 4.79 Å². The minimum atomic E-state index is 0.210. The van der Waals surface area contributed by atoms with Crippen LogP contribution in [0.3, 0.4) is 0 Å².